The van der Waals surface area contributed by atoms with Gasteiger partial charge in [-0.3, -0.25) is 0 Å². The van der Waals surface area contributed by atoms with Crippen molar-refractivity contribution in [3.05, 3.63) is 29.8 Å². The quantitative estimate of drug-likeness (QED) is 0.705. The van der Waals surface area contributed by atoms with Crippen LogP contribution < -0.4 is 11.5 Å². The molecular formula is C10H14N2O4S. The standard InChI is InChI=1S/C10H14N2O4S/c1-7-3-2-4-8(5-7)17(14,15)16-10(13)9(12)6-11/h2-5,9H,6,11-12H2,1H3/t9-/m0/s1. The second-order valence-corrected chi connectivity index (χ2v) is 5.06. The second kappa shape index (κ2) is 5.26. The van der Waals surface area contributed by atoms with Gasteiger partial charge in [0.25, 0.3) is 0 Å². The number of carbonyl (C=O) groups excluding carboxylic acids is 1. The molecule has 17 heavy (non-hydrogen) atoms. The van der Waals surface area contributed by atoms with Gasteiger partial charge in [-0.25, -0.2) is 4.79 Å². The zero-order valence-electron chi connectivity index (χ0n) is 9.29. The van der Waals surface area contributed by atoms with E-state index in [0.717, 1.165) is 5.56 Å². The highest BCUT2D eigenvalue weighted by molar-refractivity contribution is 7.87. The molecule has 6 nitrogen and oxygen atoms in total. The molecule has 4 N–H and O–H groups in total. The summed E-state index contributed by atoms with van der Waals surface area (Å²) in [4.78, 5) is 11.2. The topological polar surface area (TPSA) is 112 Å². The van der Waals surface area contributed by atoms with Crippen LogP contribution in [-0.4, -0.2) is 27.0 Å². The molecule has 0 amide bonds. The van der Waals surface area contributed by atoms with E-state index in [-0.39, 0.29) is 11.4 Å². The number of rotatable bonds is 4. The molecule has 1 aromatic carbocycles. The Morgan fingerprint density at radius 2 is 2.12 bits per heavy atom. The summed E-state index contributed by atoms with van der Waals surface area (Å²) in [6.45, 7) is 1.55. The number of hydrogen-bond acceptors (Lipinski definition) is 6. The summed E-state index contributed by atoms with van der Waals surface area (Å²) >= 11 is 0. The number of carbonyl (C=O) groups is 1. The summed E-state index contributed by atoms with van der Waals surface area (Å²) in [6, 6.07) is 4.88. The van der Waals surface area contributed by atoms with Crippen molar-refractivity contribution in [2.75, 3.05) is 6.54 Å². The summed E-state index contributed by atoms with van der Waals surface area (Å²) in [5.74, 6) is -1.06. The minimum absolute atomic E-state index is 0.0879. The van der Waals surface area contributed by atoms with E-state index < -0.39 is 22.1 Å². The number of hydrogen-bond donors (Lipinski definition) is 2. The molecule has 0 saturated carbocycles. The van der Waals surface area contributed by atoms with Gasteiger partial charge in [0.15, 0.2) is 0 Å². The predicted molar refractivity (Wildman–Crippen MR) is 61.5 cm³/mol. The van der Waals surface area contributed by atoms with E-state index in [0.29, 0.717) is 0 Å². The van der Waals surface area contributed by atoms with Gasteiger partial charge < -0.3 is 15.7 Å². The molecule has 94 valence electrons. The normalized spacial score (nSPS) is 13.1. The Balaban J connectivity index is 2.94. The fourth-order valence-corrected chi connectivity index (χ4v) is 2.10. The van der Waals surface area contributed by atoms with Gasteiger partial charge in [0.1, 0.15) is 10.9 Å². The van der Waals surface area contributed by atoms with Gasteiger partial charge in [-0.05, 0) is 24.6 Å². The van der Waals surface area contributed by atoms with Crippen molar-refractivity contribution in [1.82, 2.24) is 0 Å². The molecular weight excluding hydrogens is 244 g/mol. The van der Waals surface area contributed by atoms with Gasteiger partial charge in [-0.1, -0.05) is 12.1 Å². The van der Waals surface area contributed by atoms with Crippen LogP contribution in [0.3, 0.4) is 0 Å². The molecule has 0 aliphatic carbocycles. The fourth-order valence-electron chi connectivity index (χ4n) is 1.09. The largest absolute Gasteiger partial charge is 0.341 e. The molecule has 0 radical (unpaired) electrons. The second-order valence-electron chi connectivity index (χ2n) is 3.52. The Morgan fingerprint density at radius 1 is 1.47 bits per heavy atom. The highest BCUT2D eigenvalue weighted by Gasteiger charge is 2.23. The summed E-state index contributed by atoms with van der Waals surface area (Å²) in [7, 11) is -4.12. The van der Waals surface area contributed by atoms with Crippen LogP contribution in [-0.2, 0) is 19.1 Å². The maximum absolute atomic E-state index is 11.7. The van der Waals surface area contributed by atoms with Crippen LogP contribution in [0.2, 0.25) is 0 Å². The van der Waals surface area contributed by atoms with Crippen molar-refractivity contribution in [2.24, 2.45) is 11.5 Å². The summed E-state index contributed by atoms with van der Waals surface area (Å²) in [6.07, 6.45) is 0. The van der Waals surface area contributed by atoms with Crippen molar-refractivity contribution >= 4 is 16.1 Å². The van der Waals surface area contributed by atoms with Gasteiger partial charge in [0, 0.05) is 6.54 Å². The lowest BCUT2D eigenvalue weighted by Gasteiger charge is -2.09. The Labute approximate surface area is 99.7 Å². The minimum atomic E-state index is -4.12. The minimum Gasteiger partial charge on any atom is -0.340 e. The summed E-state index contributed by atoms with van der Waals surface area (Å²) in [5, 5.41) is 0. The molecule has 1 rings (SSSR count). The molecule has 0 aromatic heterocycles. The Hall–Kier alpha value is -1.44. The summed E-state index contributed by atoms with van der Waals surface area (Å²) < 4.78 is 27.7. The predicted octanol–water partition coefficient (Wildman–Crippen LogP) is -0.487. The molecule has 0 aliphatic heterocycles. The van der Waals surface area contributed by atoms with Crippen LogP contribution in [0.5, 0.6) is 0 Å². The number of aryl methyl sites for hydroxylation is 1. The lowest BCUT2D eigenvalue weighted by atomic mass is 10.2. The van der Waals surface area contributed by atoms with Gasteiger partial charge in [0.2, 0.25) is 0 Å². The SMILES string of the molecule is Cc1cccc(S(=O)(=O)OC(=O)[C@@H](N)CN)c1. The third-order valence-electron chi connectivity index (χ3n) is 2.03. The molecule has 0 saturated heterocycles. The van der Waals surface area contributed by atoms with Gasteiger partial charge >= 0.3 is 16.1 Å². The van der Waals surface area contributed by atoms with Crippen LogP contribution in [0.25, 0.3) is 0 Å². The van der Waals surface area contributed by atoms with Crippen LogP contribution in [0.15, 0.2) is 29.2 Å². The van der Waals surface area contributed by atoms with Crippen molar-refractivity contribution in [1.29, 1.82) is 0 Å². The van der Waals surface area contributed by atoms with Crippen molar-refractivity contribution in [3.63, 3.8) is 0 Å². The van der Waals surface area contributed by atoms with Crippen molar-refractivity contribution < 1.29 is 17.4 Å². The number of nitrogens with two attached hydrogens (primary N) is 2. The highest BCUT2D eigenvalue weighted by atomic mass is 32.2. The maximum Gasteiger partial charge on any atom is 0.341 e. The maximum atomic E-state index is 11.7. The van der Waals surface area contributed by atoms with Gasteiger partial charge in [0.05, 0.1) is 0 Å². The average Bonchev–Trinajstić information content (AvgIpc) is 2.27. The van der Waals surface area contributed by atoms with Crippen LogP contribution in [0.4, 0.5) is 0 Å². The molecule has 0 fully saturated rings. The van der Waals surface area contributed by atoms with E-state index in [1.165, 1.54) is 12.1 Å². The zero-order valence-corrected chi connectivity index (χ0v) is 10.1. The Kier molecular flexibility index (Phi) is 4.22. The third-order valence-corrected chi connectivity index (χ3v) is 3.24. The lowest BCUT2D eigenvalue weighted by molar-refractivity contribution is -0.135. The van der Waals surface area contributed by atoms with Crippen LogP contribution in [0.1, 0.15) is 5.56 Å². The Morgan fingerprint density at radius 3 is 2.65 bits per heavy atom. The molecule has 0 spiro atoms. The smallest absolute Gasteiger partial charge is 0.340 e. The van der Waals surface area contributed by atoms with E-state index in [4.69, 9.17) is 11.5 Å². The highest BCUT2D eigenvalue weighted by Crippen LogP contribution is 2.14. The van der Waals surface area contributed by atoms with E-state index in [2.05, 4.69) is 4.18 Å². The van der Waals surface area contributed by atoms with E-state index in [9.17, 15) is 13.2 Å². The van der Waals surface area contributed by atoms with E-state index >= 15 is 0 Å². The van der Waals surface area contributed by atoms with E-state index in [1.54, 1.807) is 19.1 Å². The third kappa shape index (κ3) is 3.52. The van der Waals surface area contributed by atoms with Crippen molar-refractivity contribution in [2.45, 2.75) is 17.9 Å². The van der Waals surface area contributed by atoms with E-state index in [1.807, 2.05) is 0 Å². The van der Waals surface area contributed by atoms with Gasteiger partial charge in [-0.2, -0.15) is 8.42 Å². The van der Waals surface area contributed by atoms with Crippen LogP contribution in [0, 0.1) is 6.92 Å². The monoisotopic (exact) mass is 258 g/mol. The Bertz CT molecular complexity index is 513. The number of benzene rings is 1. The molecule has 1 atom stereocenters. The molecule has 0 unspecified atom stereocenters. The van der Waals surface area contributed by atoms with Crippen molar-refractivity contribution in [3.8, 4) is 0 Å². The molecule has 0 heterocycles. The lowest BCUT2D eigenvalue weighted by Crippen LogP contribution is -2.40. The first-order valence-corrected chi connectivity index (χ1v) is 6.28. The molecule has 7 heteroatoms. The zero-order chi connectivity index (χ0) is 13.1. The first-order valence-electron chi connectivity index (χ1n) is 4.87. The van der Waals surface area contributed by atoms with Crippen LogP contribution >= 0.6 is 0 Å². The first-order chi connectivity index (χ1) is 7.86. The fraction of sp³-hybridized carbons (Fsp3) is 0.300. The molecule has 1 aromatic rings. The first kappa shape index (κ1) is 13.6. The summed E-state index contributed by atoms with van der Waals surface area (Å²) in [5.41, 5.74) is 11.1. The molecule has 0 aliphatic rings. The van der Waals surface area contributed by atoms with Gasteiger partial charge in [-0.15, -0.1) is 0 Å². The average molecular weight is 258 g/mol. The molecule has 0 bridgehead atoms.